The Bertz CT molecular complexity index is 449. The normalized spacial score (nSPS) is 12.0. The first-order chi connectivity index (χ1) is 16.6. The smallest absolute Gasteiger partial charge is 0.306 e. The van der Waals surface area contributed by atoms with Gasteiger partial charge in [-0.25, -0.2) is 0 Å². The molecule has 1 unspecified atom stereocenters. The summed E-state index contributed by atoms with van der Waals surface area (Å²) < 4.78 is 11.2. The molecule has 0 N–H and O–H groups in total. The van der Waals surface area contributed by atoms with Gasteiger partial charge in [0.15, 0.2) is 0 Å². The van der Waals surface area contributed by atoms with Crippen molar-refractivity contribution in [3.63, 3.8) is 0 Å². The Morgan fingerprint density at radius 1 is 0.500 bits per heavy atom. The summed E-state index contributed by atoms with van der Waals surface area (Å²) in [7, 11) is 0. The van der Waals surface area contributed by atoms with Gasteiger partial charge < -0.3 is 9.47 Å². The minimum absolute atomic E-state index is 0.132. The topological polar surface area (TPSA) is 52.6 Å². The number of carbonyl (C=O) groups is 2. The first-order valence-electron chi connectivity index (χ1n) is 15.0. The van der Waals surface area contributed by atoms with Crippen LogP contribution >= 0.6 is 0 Å². The Balaban J connectivity index is 4.16. The van der Waals surface area contributed by atoms with Crippen molar-refractivity contribution in [1.29, 1.82) is 0 Å². The number of hydrogen-bond acceptors (Lipinski definition) is 4. The maximum Gasteiger partial charge on any atom is 0.306 e. The lowest BCUT2D eigenvalue weighted by atomic mass is 10.1. The SMILES string of the molecule is CCCCCCCCCC(=O)OCC(CCCCCCCC)OC(=O)CCCCCCCCC. The summed E-state index contributed by atoms with van der Waals surface area (Å²) in [6, 6.07) is 0. The van der Waals surface area contributed by atoms with E-state index in [0.29, 0.717) is 12.8 Å². The molecule has 4 heteroatoms. The summed E-state index contributed by atoms with van der Waals surface area (Å²) in [6.45, 7) is 6.89. The molecule has 0 bridgehead atoms. The van der Waals surface area contributed by atoms with Crippen molar-refractivity contribution in [2.45, 2.75) is 175 Å². The second-order valence-electron chi connectivity index (χ2n) is 10.1. The van der Waals surface area contributed by atoms with Crippen LogP contribution in [0.15, 0.2) is 0 Å². The summed E-state index contributed by atoms with van der Waals surface area (Å²) in [5.41, 5.74) is 0. The highest BCUT2D eigenvalue weighted by molar-refractivity contribution is 5.70. The monoisotopic (exact) mass is 482 g/mol. The van der Waals surface area contributed by atoms with E-state index in [4.69, 9.17) is 9.47 Å². The van der Waals surface area contributed by atoms with E-state index in [0.717, 1.165) is 44.9 Å². The zero-order chi connectivity index (χ0) is 25.1. The highest BCUT2D eigenvalue weighted by Crippen LogP contribution is 2.14. The Kier molecular flexibility index (Phi) is 25.7. The predicted molar refractivity (Wildman–Crippen MR) is 144 cm³/mol. The van der Waals surface area contributed by atoms with Gasteiger partial charge in [0.25, 0.3) is 0 Å². The molecule has 0 amide bonds. The molecule has 0 saturated carbocycles. The molecule has 0 aromatic rings. The fraction of sp³-hybridized carbons (Fsp3) is 0.933. The second kappa shape index (κ2) is 26.5. The molecule has 0 rings (SSSR count). The van der Waals surface area contributed by atoms with Gasteiger partial charge in [0.1, 0.15) is 12.7 Å². The number of hydrogen-bond donors (Lipinski definition) is 0. The fourth-order valence-electron chi connectivity index (χ4n) is 4.28. The van der Waals surface area contributed by atoms with Crippen molar-refractivity contribution >= 4 is 11.9 Å². The van der Waals surface area contributed by atoms with E-state index in [9.17, 15) is 9.59 Å². The van der Waals surface area contributed by atoms with Gasteiger partial charge in [0, 0.05) is 12.8 Å². The summed E-state index contributed by atoms with van der Waals surface area (Å²) in [6.07, 6.45) is 25.3. The van der Waals surface area contributed by atoms with Gasteiger partial charge in [-0.05, 0) is 25.7 Å². The van der Waals surface area contributed by atoms with Crippen molar-refractivity contribution in [2.24, 2.45) is 0 Å². The molecule has 202 valence electrons. The van der Waals surface area contributed by atoms with Crippen LogP contribution in [0, 0.1) is 0 Å². The third-order valence-electron chi connectivity index (χ3n) is 6.58. The van der Waals surface area contributed by atoms with Crippen molar-refractivity contribution in [3.8, 4) is 0 Å². The standard InChI is InChI=1S/C30H58O4/c1-4-7-10-13-16-19-22-25-29(31)33-27-28(24-21-18-15-12-9-6-3)34-30(32)26-23-20-17-14-11-8-5-2/h28H,4-27H2,1-3H3. The van der Waals surface area contributed by atoms with Gasteiger partial charge in [-0.3, -0.25) is 9.59 Å². The first kappa shape index (κ1) is 32.9. The van der Waals surface area contributed by atoms with E-state index < -0.39 is 0 Å². The lowest BCUT2D eigenvalue weighted by molar-refractivity contribution is -0.159. The molecule has 0 fully saturated rings. The van der Waals surface area contributed by atoms with Crippen LogP contribution in [0.3, 0.4) is 0 Å². The molecule has 0 aromatic heterocycles. The first-order valence-corrected chi connectivity index (χ1v) is 15.0. The average Bonchev–Trinajstić information content (AvgIpc) is 2.83. The van der Waals surface area contributed by atoms with Crippen LogP contribution in [-0.4, -0.2) is 24.6 Å². The molecule has 0 radical (unpaired) electrons. The molecular formula is C30H58O4. The number of rotatable bonds is 26. The van der Waals surface area contributed by atoms with Crippen LogP contribution in [0.25, 0.3) is 0 Å². The molecule has 0 aliphatic carbocycles. The van der Waals surface area contributed by atoms with E-state index in [1.54, 1.807) is 0 Å². The zero-order valence-corrected chi connectivity index (χ0v) is 23.2. The molecule has 34 heavy (non-hydrogen) atoms. The molecule has 0 spiro atoms. The molecule has 0 heterocycles. The average molecular weight is 483 g/mol. The number of unbranched alkanes of at least 4 members (excludes halogenated alkanes) is 17. The van der Waals surface area contributed by atoms with Crippen LogP contribution in [0.1, 0.15) is 168 Å². The summed E-state index contributed by atoms with van der Waals surface area (Å²) in [5, 5.41) is 0. The van der Waals surface area contributed by atoms with Gasteiger partial charge in [-0.15, -0.1) is 0 Å². The third kappa shape index (κ3) is 24.1. The third-order valence-corrected chi connectivity index (χ3v) is 6.58. The minimum Gasteiger partial charge on any atom is -0.462 e. The molecular weight excluding hydrogens is 424 g/mol. The quantitative estimate of drug-likeness (QED) is 0.0909. The molecule has 4 nitrogen and oxygen atoms in total. The van der Waals surface area contributed by atoms with Crippen molar-refractivity contribution in [2.75, 3.05) is 6.61 Å². The van der Waals surface area contributed by atoms with Gasteiger partial charge in [0.2, 0.25) is 0 Å². The van der Waals surface area contributed by atoms with Gasteiger partial charge in [0.05, 0.1) is 0 Å². The van der Waals surface area contributed by atoms with E-state index in [2.05, 4.69) is 20.8 Å². The van der Waals surface area contributed by atoms with Crippen LogP contribution in [-0.2, 0) is 19.1 Å². The molecule has 0 aliphatic heterocycles. The number of esters is 2. The highest BCUT2D eigenvalue weighted by Gasteiger charge is 2.17. The van der Waals surface area contributed by atoms with E-state index in [1.165, 1.54) is 89.9 Å². The maximum absolute atomic E-state index is 12.4. The van der Waals surface area contributed by atoms with Crippen molar-refractivity contribution in [3.05, 3.63) is 0 Å². The predicted octanol–water partition coefficient (Wildman–Crippen LogP) is 9.47. The lowest BCUT2D eigenvalue weighted by Crippen LogP contribution is -2.25. The van der Waals surface area contributed by atoms with Gasteiger partial charge >= 0.3 is 11.9 Å². The molecule has 0 aromatic carbocycles. The maximum atomic E-state index is 12.4. The van der Waals surface area contributed by atoms with Crippen LogP contribution in [0.2, 0.25) is 0 Å². The summed E-state index contributed by atoms with van der Waals surface area (Å²) in [4.78, 5) is 24.5. The van der Waals surface area contributed by atoms with E-state index >= 15 is 0 Å². The molecule has 0 aliphatic rings. The minimum atomic E-state index is -0.291. The van der Waals surface area contributed by atoms with E-state index in [1.807, 2.05) is 0 Å². The largest absolute Gasteiger partial charge is 0.462 e. The van der Waals surface area contributed by atoms with Gasteiger partial charge in [-0.1, -0.05) is 130 Å². The second-order valence-corrected chi connectivity index (χ2v) is 10.1. The number of carbonyl (C=O) groups excluding carboxylic acids is 2. The van der Waals surface area contributed by atoms with Crippen LogP contribution < -0.4 is 0 Å². The Morgan fingerprint density at radius 2 is 0.882 bits per heavy atom. The molecule has 0 saturated heterocycles. The van der Waals surface area contributed by atoms with Gasteiger partial charge in [-0.2, -0.15) is 0 Å². The summed E-state index contributed by atoms with van der Waals surface area (Å²) in [5.74, 6) is -0.280. The Labute approximate surface area is 212 Å². The Hall–Kier alpha value is -1.06. The summed E-state index contributed by atoms with van der Waals surface area (Å²) >= 11 is 0. The van der Waals surface area contributed by atoms with Crippen molar-refractivity contribution < 1.29 is 19.1 Å². The Morgan fingerprint density at radius 3 is 1.35 bits per heavy atom. The zero-order valence-electron chi connectivity index (χ0n) is 23.2. The lowest BCUT2D eigenvalue weighted by Gasteiger charge is -2.18. The van der Waals surface area contributed by atoms with E-state index in [-0.39, 0.29) is 24.6 Å². The highest BCUT2D eigenvalue weighted by atomic mass is 16.6. The molecule has 1 atom stereocenters. The van der Waals surface area contributed by atoms with Crippen LogP contribution in [0.5, 0.6) is 0 Å². The fourth-order valence-corrected chi connectivity index (χ4v) is 4.28. The van der Waals surface area contributed by atoms with Crippen LogP contribution in [0.4, 0.5) is 0 Å². The van der Waals surface area contributed by atoms with Crippen molar-refractivity contribution in [1.82, 2.24) is 0 Å². The number of ether oxygens (including phenoxy) is 2.